The number of hydrogen-bond acceptors (Lipinski definition) is 2. The second-order valence-electron chi connectivity index (χ2n) is 3.54. The van der Waals surface area contributed by atoms with Gasteiger partial charge in [0.15, 0.2) is 0 Å². The van der Waals surface area contributed by atoms with Crippen molar-refractivity contribution in [3.8, 4) is 0 Å². The molecule has 0 aliphatic carbocycles. The Morgan fingerprint density at radius 1 is 1.47 bits per heavy atom. The molecular formula is C12H15NO2. The zero-order valence-corrected chi connectivity index (χ0v) is 9.28. The van der Waals surface area contributed by atoms with Crippen LogP contribution in [-0.2, 0) is 0 Å². The molecule has 1 rings (SSSR count). The van der Waals surface area contributed by atoms with Crippen molar-refractivity contribution in [3.05, 3.63) is 50.7 Å². The molecule has 3 heteroatoms. The van der Waals surface area contributed by atoms with Gasteiger partial charge in [0, 0.05) is 12.5 Å². The molecule has 0 fully saturated rings. The molecule has 0 amide bonds. The zero-order chi connectivity index (χ0) is 11.4. The van der Waals surface area contributed by atoms with Crippen LogP contribution in [0.2, 0.25) is 0 Å². The zero-order valence-electron chi connectivity index (χ0n) is 9.28. The van der Waals surface area contributed by atoms with E-state index in [0.29, 0.717) is 6.42 Å². The van der Waals surface area contributed by atoms with Crippen molar-refractivity contribution in [2.24, 2.45) is 0 Å². The number of hydrogen-bond donors (Lipinski definition) is 0. The third kappa shape index (κ3) is 2.65. The summed E-state index contributed by atoms with van der Waals surface area (Å²) in [5.41, 5.74) is 3.44. The minimum absolute atomic E-state index is 0.253. The molecule has 0 heterocycles. The van der Waals surface area contributed by atoms with E-state index < -0.39 is 0 Å². The van der Waals surface area contributed by atoms with Crippen LogP contribution in [0.5, 0.6) is 0 Å². The summed E-state index contributed by atoms with van der Waals surface area (Å²) in [7, 11) is 0. The van der Waals surface area contributed by atoms with E-state index in [4.69, 9.17) is 0 Å². The summed E-state index contributed by atoms with van der Waals surface area (Å²) < 4.78 is 0. The molecular weight excluding hydrogens is 190 g/mol. The largest absolute Gasteiger partial charge is 0.259 e. The van der Waals surface area contributed by atoms with Gasteiger partial charge in [0.1, 0.15) is 0 Å². The van der Waals surface area contributed by atoms with Gasteiger partial charge in [0.25, 0.3) is 0 Å². The molecule has 0 spiro atoms. The van der Waals surface area contributed by atoms with Crippen molar-refractivity contribution < 1.29 is 4.92 Å². The second kappa shape index (κ2) is 4.73. The molecule has 0 aliphatic rings. The fraction of sp³-hybridized carbons (Fsp3) is 0.333. The summed E-state index contributed by atoms with van der Waals surface area (Å²) in [6, 6.07) is 5.83. The smallest absolute Gasteiger partial charge is 0.246 e. The SMILES string of the molecule is CCC(=Cc1cccc(C)c1C)[N+](=O)[O-]. The average Bonchev–Trinajstić information content (AvgIpc) is 2.19. The van der Waals surface area contributed by atoms with Crippen molar-refractivity contribution in [2.75, 3.05) is 0 Å². The van der Waals surface area contributed by atoms with Gasteiger partial charge < -0.3 is 0 Å². The van der Waals surface area contributed by atoms with E-state index in [0.717, 1.165) is 16.7 Å². The van der Waals surface area contributed by atoms with E-state index in [1.54, 1.807) is 13.0 Å². The topological polar surface area (TPSA) is 43.1 Å². The Kier molecular flexibility index (Phi) is 3.61. The fourth-order valence-corrected chi connectivity index (χ4v) is 1.39. The molecule has 1 aromatic rings. The van der Waals surface area contributed by atoms with Crippen LogP contribution in [-0.4, -0.2) is 4.92 Å². The first-order valence-electron chi connectivity index (χ1n) is 4.97. The molecule has 80 valence electrons. The van der Waals surface area contributed by atoms with E-state index in [-0.39, 0.29) is 10.6 Å². The fourth-order valence-electron chi connectivity index (χ4n) is 1.39. The molecule has 0 aromatic heterocycles. The summed E-state index contributed by atoms with van der Waals surface area (Å²) in [5, 5.41) is 10.7. The summed E-state index contributed by atoms with van der Waals surface area (Å²) >= 11 is 0. The number of allylic oxidation sites excluding steroid dienone is 1. The normalized spacial score (nSPS) is 11.5. The van der Waals surface area contributed by atoms with Crippen LogP contribution in [0.1, 0.15) is 30.0 Å². The Bertz CT molecular complexity index is 408. The summed E-state index contributed by atoms with van der Waals surface area (Å²) in [4.78, 5) is 10.4. The van der Waals surface area contributed by atoms with E-state index in [1.165, 1.54) is 0 Å². The Morgan fingerprint density at radius 3 is 2.67 bits per heavy atom. The lowest BCUT2D eigenvalue weighted by atomic mass is 10.0. The van der Waals surface area contributed by atoms with Gasteiger partial charge in [0.2, 0.25) is 5.70 Å². The Morgan fingerprint density at radius 2 is 2.13 bits per heavy atom. The lowest BCUT2D eigenvalue weighted by Crippen LogP contribution is -1.97. The Balaban J connectivity index is 3.17. The first-order chi connectivity index (χ1) is 7.06. The molecule has 0 bridgehead atoms. The van der Waals surface area contributed by atoms with Crippen molar-refractivity contribution in [2.45, 2.75) is 27.2 Å². The van der Waals surface area contributed by atoms with Crippen molar-refractivity contribution in [3.63, 3.8) is 0 Å². The molecule has 0 radical (unpaired) electrons. The van der Waals surface area contributed by atoms with Gasteiger partial charge in [-0.05, 0) is 30.5 Å². The molecule has 0 saturated heterocycles. The monoisotopic (exact) mass is 205 g/mol. The molecule has 3 nitrogen and oxygen atoms in total. The van der Waals surface area contributed by atoms with Gasteiger partial charge in [-0.25, -0.2) is 0 Å². The minimum atomic E-state index is -0.318. The number of nitro groups is 1. The van der Waals surface area contributed by atoms with Gasteiger partial charge in [-0.15, -0.1) is 0 Å². The van der Waals surface area contributed by atoms with Crippen molar-refractivity contribution in [1.29, 1.82) is 0 Å². The van der Waals surface area contributed by atoms with E-state index in [9.17, 15) is 10.1 Å². The highest BCUT2D eigenvalue weighted by Crippen LogP contribution is 2.17. The summed E-state index contributed by atoms with van der Waals surface area (Å²) in [6.07, 6.45) is 2.10. The molecule has 1 aromatic carbocycles. The third-order valence-electron chi connectivity index (χ3n) is 2.57. The Labute approximate surface area is 89.6 Å². The quantitative estimate of drug-likeness (QED) is 0.561. The highest BCUT2D eigenvalue weighted by Gasteiger charge is 2.08. The number of rotatable bonds is 3. The molecule has 0 N–H and O–H groups in total. The van der Waals surface area contributed by atoms with Crippen molar-refractivity contribution in [1.82, 2.24) is 0 Å². The van der Waals surface area contributed by atoms with Crippen LogP contribution in [0.3, 0.4) is 0 Å². The highest BCUT2D eigenvalue weighted by molar-refractivity contribution is 5.56. The molecule has 0 unspecified atom stereocenters. The molecule has 15 heavy (non-hydrogen) atoms. The standard InChI is InChI=1S/C12H15NO2/c1-4-12(13(14)15)8-11-7-5-6-9(2)10(11)3/h5-8H,4H2,1-3H3. The third-order valence-corrected chi connectivity index (χ3v) is 2.57. The van der Waals surface area contributed by atoms with E-state index >= 15 is 0 Å². The van der Waals surface area contributed by atoms with Crippen LogP contribution < -0.4 is 0 Å². The first-order valence-corrected chi connectivity index (χ1v) is 4.97. The maximum Gasteiger partial charge on any atom is 0.246 e. The van der Waals surface area contributed by atoms with Crippen LogP contribution in [0.25, 0.3) is 6.08 Å². The maximum atomic E-state index is 10.7. The maximum absolute atomic E-state index is 10.7. The van der Waals surface area contributed by atoms with Gasteiger partial charge in [-0.2, -0.15) is 0 Å². The lowest BCUT2D eigenvalue weighted by molar-refractivity contribution is -0.425. The van der Waals surface area contributed by atoms with Crippen molar-refractivity contribution >= 4 is 6.08 Å². The molecule has 0 atom stereocenters. The van der Waals surface area contributed by atoms with Crippen LogP contribution in [0.4, 0.5) is 0 Å². The minimum Gasteiger partial charge on any atom is -0.259 e. The lowest BCUT2D eigenvalue weighted by Gasteiger charge is -2.03. The van der Waals surface area contributed by atoms with E-state index in [1.807, 2.05) is 32.0 Å². The highest BCUT2D eigenvalue weighted by atomic mass is 16.6. The van der Waals surface area contributed by atoms with Gasteiger partial charge in [-0.3, -0.25) is 10.1 Å². The summed E-state index contributed by atoms with van der Waals surface area (Å²) in [6.45, 7) is 5.78. The second-order valence-corrected chi connectivity index (χ2v) is 3.54. The predicted octanol–water partition coefficient (Wildman–Crippen LogP) is 3.33. The van der Waals surface area contributed by atoms with Gasteiger partial charge in [-0.1, -0.05) is 25.1 Å². The number of aryl methyl sites for hydroxylation is 1. The average molecular weight is 205 g/mol. The van der Waals surface area contributed by atoms with Crippen LogP contribution >= 0.6 is 0 Å². The van der Waals surface area contributed by atoms with Gasteiger partial charge in [0.05, 0.1) is 4.92 Å². The molecule has 0 aliphatic heterocycles. The van der Waals surface area contributed by atoms with Gasteiger partial charge >= 0.3 is 0 Å². The predicted molar refractivity (Wildman–Crippen MR) is 61.2 cm³/mol. The first kappa shape index (κ1) is 11.4. The number of benzene rings is 1. The summed E-state index contributed by atoms with van der Waals surface area (Å²) in [5.74, 6) is 0. The Hall–Kier alpha value is -1.64. The molecule has 0 saturated carbocycles. The van der Waals surface area contributed by atoms with Crippen LogP contribution in [0.15, 0.2) is 23.9 Å². The van der Waals surface area contributed by atoms with E-state index in [2.05, 4.69) is 0 Å². The van der Waals surface area contributed by atoms with Crippen LogP contribution in [0, 0.1) is 24.0 Å². The number of nitrogens with zero attached hydrogens (tertiary/aromatic N) is 1.